The molecule has 0 bridgehead atoms. The molecule has 0 aromatic rings. The van der Waals surface area contributed by atoms with E-state index in [1.54, 1.807) is 0 Å². The van der Waals surface area contributed by atoms with Crippen LogP contribution in [0.1, 0.15) is 181 Å². The highest BCUT2D eigenvalue weighted by molar-refractivity contribution is 5.66. The molecule has 0 aliphatic carbocycles. The number of aliphatic carboxylic acids is 1. The van der Waals surface area contributed by atoms with E-state index in [2.05, 4.69) is 20.8 Å². The molecule has 0 radical (unpaired) electrons. The Morgan fingerprint density at radius 2 is 0.581 bits per heavy atom. The van der Waals surface area contributed by atoms with Crippen LogP contribution in [0.25, 0.3) is 0 Å². The maximum atomic E-state index is 10.1. The molecule has 0 atom stereocenters. The van der Waals surface area contributed by atoms with Gasteiger partial charge in [-0.3, -0.25) is 4.79 Å². The third-order valence-electron chi connectivity index (χ3n) is 6.20. The van der Waals surface area contributed by atoms with Crippen LogP contribution in [0.2, 0.25) is 0 Å². The van der Waals surface area contributed by atoms with Gasteiger partial charge in [0.05, 0.1) is 0 Å². The van der Waals surface area contributed by atoms with Gasteiger partial charge in [0, 0.05) is 6.42 Å². The molecule has 0 rings (SSSR count). The summed E-state index contributed by atoms with van der Waals surface area (Å²) in [5.41, 5.74) is 0. The minimum absolute atomic E-state index is 0.341. The predicted octanol–water partition coefficient (Wildman–Crippen LogP) is 10.9. The third-order valence-corrected chi connectivity index (χ3v) is 6.20. The summed E-state index contributed by atoms with van der Waals surface area (Å²) in [6, 6.07) is 0. The highest BCUT2D eigenvalue weighted by atomic mass is 16.4. The van der Waals surface area contributed by atoms with Crippen LogP contribution >= 0.6 is 0 Å². The number of carbonyl (C=O) groups is 1. The zero-order valence-corrected chi connectivity index (χ0v) is 22.0. The van der Waals surface area contributed by atoms with Crippen LogP contribution in [0, 0.1) is 0 Å². The summed E-state index contributed by atoms with van der Waals surface area (Å²) in [5, 5.41) is 8.35. The molecule has 1 N–H and O–H groups in total. The lowest BCUT2D eigenvalue weighted by molar-refractivity contribution is -0.137. The van der Waals surface area contributed by atoms with E-state index in [0.29, 0.717) is 6.42 Å². The standard InChI is InChI=1S/C19H40.C10H20O2/c1-3-5-7-9-11-13-15-17-19-18-16-14-12-10-8-6-4-2;1-2-3-4-5-6-7-8-9-10(11)12/h3-19H2,1-2H3;2-9H2,1H3,(H,11,12). The molecule has 188 valence electrons. The monoisotopic (exact) mass is 440 g/mol. The Balaban J connectivity index is 0. The Kier molecular flexibility index (Phi) is 33.3. The van der Waals surface area contributed by atoms with E-state index in [1.165, 1.54) is 141 Å². The second-order valence-corrected chi connectivity index (χ2v) is 9.57. The van der Waals surface area contributed by atoms with Crippen LogP contribution in [0.15, 0.2) is 0 Å². The van der Waals surface area contributed by atoms with Gasteiger partial charge in [-0.2, -0.15) is 0 Å². The van der Waals surface area contributed by atoms with E-state index in [9.17, 15) is 4.79 Å². The molecule has 0 spiro atoms. The molecule has 0 aromatic heterocycles. The van der Waals surface area contributed by atoms with Gasteiger partial charge in [0.1, 0.15) is 0 Å². The minimum atomic E-state index is -0.663. The summed E-state index contributed by atoms with van der Waals surface area (Å²) >= 11 is 0. The first-order valence-corrected chi connectivity index (χ1v) is 14.4. The van der Waals surface area contributed by atoms with E-state index in [4.69, 9.17) is 5.11 Å². The Morgan fingerprint density at radius 1 is 0.387 bits per heavy atom. The molecule has 0 aliphatic heterocycles. The zero-order chi connectivity index (χ0) is 23.3. The molecular weight excluding hydrogens is 380 g/mol. The fraction of sp³-hybridized carbons (Fsp3) is 0.966. The zero-order valence-electron chi connectivity index (χ0n) is 22.0. The van der Waals surface area contributed by atoms with Gasteiger partial charge in [-0.1, -0.05) is 168 Å². The second-order valence-electron chi connectivity index (χ2n) is 9.57. The molecule has 2 nitrogen and oxygen atoms in total. The van der Waals surface area contributed by atoms with Gasteiger partial charge in [0.25, 0.3) is 0 Å². The van der Waals surface area contributed by atoms with Crippen LogP contribution in [0.3, 0.4) is 0 Å². The molecule has 0 saturated heterocycles. The van der Waals surface area contributed by atoms with Gasteiger partial charge < -0.3 is 5.11 Å². The Labute approximate surface area is 197 Å². The SMILES string of the molecule is CCCCCCCCCC(=O)O.CCCCCCCCCCCCCCCCCCC. The molecule has 0 heterocycles. The quantitative estimate of drug-likeness (QED) is 0.151. The summed E-state index contributed by atoms with van der Waals surface area (Å²) in [7, 11) is 0. The molecule has 31 heavy (non-hydrogen) atoms. The average Bonchev–Trinajstić information content (AvgIpc) is 2.76. The van der Waals surface area contributed by atoms with Crippen molar-refractivity contribution >= 4 is 5.97 Å². The van der Waals surface area contributed by atoms with Crippen molar-refractivity contribution < 1.29 is 9.90 Å². The number of unbranched alkanes of at least 4 members (excludes halogenated alkanes) is 22. The normalized spacial score (nSPS) is 10.7. The average molecular weight is 441 g/mol. The summed E-state index contributed by atoms with van der Waals surface area (Å²) in [4.78, 5) is 10.1. The molecule has 0 aliphatic rings. The van der Waals surface area contributed by atoms with Gasteiger partial charge in [-0.25, -0.2) is 0 Å². The first-order valence-electron chi connectivity index (χ1n) is 14.4. The number of hydrogen-bond acceptors (Lipinski definition) is 1. The second kappa shape index (κ2) is 31.7. The smallest absolute Gasteiger partial charge is 0.303 e. The largest absolute Gasteiger partial charge is 0.481 e. The lowest BCUT2D eigenvalue weighted by atomic mass is 10.0. The van der Waals surface area contributed by atoms with Crippen molar-refractivity contribution in [1.82, 2.24) is 0 Å². The van der Waals surface area contributed by atoms with Crippen molar-refractivity contribution in [3.8, 4) is 0 Å². The third kappa shape index (κ3) is 37.1. The van der Waals surface area contributed by atoms with E-state index < -0.39 is 5.97 Å². The van der Waals surface area contributed by atoms with E-state index in [-0.39, 0.29) is 0 Å². The molecule has 0 aromatic carbocycles. The van der Waals surface area contributed by atoms with Crippen molar-refractivity contribution in [2.75, 3.05) is 0 Å². The van der Waals surface area contributed by atoms with Crippen molar-refractivity contribution in [3.63, 3.8) is 0 Å². The first kappa shape index (κ1) is 32.6. The maximum Gasteiger partial charge on any atom is 0.303 e. The summed E-state index contributed by atoms with van der Waals surface area (Å²) in [6.45, 7) is 6.79. The maximum absolute atomic E-state index is 10.1. The number of carboxylic acids is 1. The molecule has 2 heteroatoms. The van der Waals surface area contributed by atoms with Crippen LogP contribution < -0.4 is 0 Å². The highest BCUT2D eigenvalue weighted by Gasteiger charge is 1.96. The summed E-state index contributed by atoms with van der Waals surface area (Å²) in [5.74, 6) is -0.663. The van der Waals surface area contributed by atoms with Gasteiger partial charge in [0.2, 0.25) is 0 Å². The van der Waals surface area contributed by atoms with Gasteiger partial charge in [0.15, 0.2) is 0 Å². The van der Waals surface area contributed by atoms with Gasteiger partial charge in [-0.05, 0) is 6.42 Å². The van der Waals surface area contributed by atoms with Crippen LogP contribution in [-0.4, -0.2) is 11.1 Å². The van der Waals surface area contributed by atoms with Gasteiger partial charge >= 0.3 is 5.97 Å². The number of rotatable bonds is 24. The topological polar surface area (TPSA) is 37.3 Å². The molecule has 0 amide bonds. The number of carboxylic acid groups (broad SMARTS) is 1. The van der Waals surface area contributed by atoms with E-state index in [1.807, 2.05) is 0 Å². The first-order chi connectivity index (χ1) is 15.2. The van der Waals surface area contributed by atoms with Gasteiger partial charge in [-0.15, -0.1) is 0 Å². The van der Waals surface area contributed by atoms with Crippen LogP contribution in [0.5, 0.6) is 0 Å². The molecule has 0 saturated carbocycles. The van der Waals surface area contributed by atoms with Crippen molar-refractivity contribution in [1.29, 1.82) is 0 Å². The Bertz CT molecular complexity index is 298. The predicted molar refractivity (Wildman–Crippen MR) is 140 cm³/mol. The lowest BCUT2D eigenvalue weighted by Crippen LogP contribution is -1.93. The Morgan fingerprint density at radius 3 is 0.774 bits per heavy atom. The van der Waals surface area contributed by atoms with E-state index in [0.717, 1.165) is 12.8 Å². The molecule has 0 fully saturated rings. The molecule has 0 unspecified atom stereocenters. The van der Waals surface area contributed by atoms with Crippen LogP contribution in [0.4, 0.5) is 0 Å². The lowest BCUT2D eigenvalue weighted by Gasteiger charge is -2.03. The molecular formula is C29H60O2. The highest BCUT2D eigenvalue weighted by Crippen LogP contribution is 2.14. The fourth-order valence-electron chi connectivity index (χ4n) is 4.03. The van der Waals surface area contributed by atoms with Crippen molar-refractivity contribution in [2.24, 2.45) is 0 Å². The van der Waals surface area contributed by atoms with Crippen molar-refractivity contribution in [2.45, 2.75) is 181 Å². The summed E-state index contributed by atoms with van der Waals surface area (Å²) < 4.78 is 0. The summed E-state index contributed by atoms with van der Waals surface area (Å²) in [6.07, 6.45) is 33.6. The fourth-order valence-corrected chi connectivity index (χ4v) is 4.03. The van der Waals surface area contributed by atoms with E-state index >= 15 is 0 Å². The van der Waals surface area contributed by atoms with Crippen molar-refractivity contribution in [3.05, 3.63) is 0 Å². The van der Waals surface area contributed by atoms with Crippen LogP contribution in [-0.2, 0) is 4.79 Å². The Hall–Kier alpha value is -0.530. The number of hydrogen-bond donors (Lipinski definition) is 1. The minimum Gasteiger partial charge on any atom is -0.481 e.